The molecule has 0 unspecified atom stereocenters. The van der Waals surface area contributed by atoms with Crippen LogP contribution in [-0.2, 0) is 12.7 Å². The van der Waals surface area contributed by atoms with E-state index in [-0.39, 0.29) is 5.69 Å². The summed E-state index contributed by atoms with van der Waals surface area (Å²) in [5.74, 6) is 0. The molecule has 0 atom stereocenters. The van der Waals surface area contributed by atoms with Crippen molar-refractivity contribution in [3.05, 3.63) is 57.4 Å². The first kappa shape index (κ1) is 16.9. The Morgan fingerprint density at radius 2 is 1.78 bits per heavy atom. The zero-order chi connectivity index (χ0) is 17.2. The SMILES string of the molecule is Cc1ccc(C)n1CCNc1ccc(C(F)(F)F)cc1[N+](=O)[O-]. The van der Waals surface area contributed by atoms with Gasteiger partial charge in [0.2, 0.25) is 0 Å². The number of hydrogen-bond donors (Lipinski definition) is 1. The van der Waals surface area contributed by atoms with Crippen LogP contribution >= 0.6 is 0 Å². The number of nitro benzene ring substituents is 1. The van der Waals surface area contributed by atoms with Gasteiger partial charge in [0.05, 0.1) is 10.5 Å². The smallest absolute Gasteiger partial charge is 0.378 e. The van der Waals surface area contributed by atoms with E-state index in [1.807, 2.05) is 30.5 Å². The summed E-state index contributed by atoms with van der Waals surface area (Å²) in [6.45, 7) is 4.80. The molecule has 0 bridgehead atoms. The fraction of sp³-hybridized carbons (Fsp3) is 0.333. The van der Waals surface area contributed by atoms with Gasteiger partial charge in [0.1, 0.15) is 5.69 Å². The van der Waals surface area contributed by atoms with Gasteiger partial charge in [0, 0.05) is 30.5 Å². The molecule has 0 spiro atoms. The molecule has 124 valence electrons. The van der Waals surface area contributed by atoms with Crippen molar-refractivity contribution in [3.8, 4) is 0 Å². The van der Waals surface area contributed by atoms with Gasteiger partial charge in [-0.2, -0.15) is 13.2 Å². The van der Waals surface area contributed by atoms with Gasteiger partial charge in [0.15, 0.2) is 0 Å². The van der Waals surface area contributed by atoms with E-state index >= 15 is 0 Å². The number of anilines is 1. The molecule has 0 radical (unpaired) electrons. The summed E-state index contributed by atoms with van der Waals surface area (Å²) in [6.07, 6.45) is -4.61. The molecule has 8 heteroatoms. The lowest BCUT2D eigenvalue weighted by atomic mass is 10.1. The summed E-state index contributed by atoms with van der Waals surface area (Å²) in [7, 11) is 0. The lowest BCUT2D eigenvalue weighted by molar-refractivity contribution is -0.384. The van der Waals surface area contributed by atoms with Gasteiger partial charge >= 0.3 is 6.18 Å². The van der Waals surface area contributed by atoms with Crippen molar-refractivity contribution in [1.29, 1.82) is 0 Å². The van der Waals surface area contributed by atoms with Crippen LogP contribution < -0.4 is 5.32 Å². The van der Waals surface area contributed by atoms with E-state index in [1.165, 1.54) is 0 Å². The predicted molar refractivity (Wildman–Crippen MR) is 80.5 cm³/mol. The number of benzene rings is 1. The van der Waals surface area contributed by atoms with Gasteiger partial charge in [-0.3, -0.25) is 10.1 Å². The van der Waals surface area contributed by atoms with E-state index in [2.05, 4.69) is 5.32 Å². The quantitative estimate of drug-likeness (QED) is 0.663. The molecular weight excluding hydrogens is 311 g/mol. The maximum Gasteiger partial charge on any atom is 0.416 e. The number of halogens is 3. The molecule has 0 saturated heterocycles. The average Bonchev–Trinajstić information content (AvgIpc) is 2.78. The van der Waals surface area contributed by atoms with Crippen LogP contribution in [0, 0.1) is 24.0 Å². The third kappa shape index (κ3) is 3.82. The minimum atomic E-state index is -4.61. The third-order valence-electron chi connectivity index (χ3n) is 3.59. The summed E-state index contributed by atoms with van der Waals surface area (Å²) in [6, 6.07) is 6.39. The van der Waals surface area contributed by atoms with Crippen LogP contribution in [0.4, 0.5) is 24.5 Å². The molecule has 23 heavy (non-hydrogen) atoms. The topological polar surface area (TPSA) is 60.1 Å². The maximum absolute atomic E-state index is 12.6. The number of alkyl halides is 3. The molecule has 0 fully saturated rings. The van der Waals surface area contributed by atoms with E-state index in [0.29, 0.717) is 19.2 Å². The number of nitro groups is 1. The van der Waals surface area contributed by atoms with Gasteiger partial charge in [0.25, 0.3) is 5.69 Å². The second-order valence-corrected chi connectivity index (χ2v) is 5.18. The van der Waals surface area contributed by atoms with E-state index in [9.17, 15) is 23.3 Å². The van der Waals surface area contributed by atoms with Crippen molar-refractivity contribution in [3.63, 3.8) is 0 Å². The highest BCUT2D eigenvalue weighted by Crippen LogP contribution is 2.34. The number of nitrogens with one attached hydrogen (secondary N) is 1. The largest absolute Gasteiger partial charge is 0.416 e. The van der Waals surface area contributed by atoms with Crippen molar-refractivity contribution in [1.82, 2.24) is 4.57 Å². The molecule has 1 N–H and O–H groups in total. The first-order valence-corrected chi connectivity index (χ1v) is 6.92. The van der Waals surface area contributed by atoms with Gasteiger partial charge in [-0.15, -0.1) is 0 Å². The molecule has 1 aromatic heterocycles. The fourth-order valence-corrected chi connectivity index (χ4v) is 2.36. The summed E-state index contributed by atoms with van der Waals surface area (Å²) in [5, 5.41) is 13.8. The zero-order valence-electron chi connectivity index (χ0n) is 12.6. The molecule has 0 saturated carbocycles. The molecule has 1 heterocycles. The molecular formula is C15H16F3N3O2. The standard InChI is InChI=1S/C15H16F3N3O2/c1-10-3-4-11(2)20(10)8-7-19-13-6-5-12(15(16,17)18)9-14(13)21(22)23/h3-6,9,19H,7-8H2,1-2H3. The maximum atomic E-state index is 12.6. The second kappa shape index (κ2) is 6.31. The van der Waals surface area contributed by atoms with Gasteiger partial charge < -0.3 is 9.88 Å². The first-order chi connectivity index (χ1) is 10.7. The Balaban J connectivity index is 2.15. The minimum absolute atomic E-state index is 0.0745. The zero-order valence-corrected chi connectivity index (χ0v) is 12.6. The van der Waals surface area contributed by atoms with Crippen LogP contribution in [0.3, 0.4) is 0 Å². The number of aromatic nitrogens is 1. The van der Waals surface area contributed by atoms with Crippen molar-refractivity contribution >= 4 is 11.4 Å². The van der Waals surface area contributed by atoms with E-state index in [0.717, 1.165) is 23.5 Å². The molecule has 5 nitrogen and oxygen atoms in total. The third-order valence-corrected chi connectivity index (χ3v) is 3.59. The van der Waals surface area contributed by atoms with Gasteiger partial charge in [-0.05, 0) is 38.1 Å². The van der Waals surface area contributed by atoms with Crippen LogP contribution in [0.5, 0.6) is 0 Å². The van der Waals surface area contributed by atoms with Crippen LogP contribution in [0.1, 0.15) is 17.0 Å². The van der Waals surface area contributed by atoms with E-state index in [1.54, 1.807) is 0 Å². The predicted octanol–water partition coefficient (Wildman–Crippen LogP) is 4.14. The fourth-order valence-electron chi connectivity index (χ4n) is 2.36. The number of nitrogens with zero attached hydrogens (tertiary/aromatic N) is 2. The Morgan fingerprint density at radius 3 is 2.30 bits per heavy atom. The van der Waals surface area contributed by atoms with Crippen molar-refractivity contribution < 1.29 is 18.1 Å². The van der Waals surface area contributed by atoms with Crippen LogP contribution in [0.25, 0.3) is 0 Å². The van der Waals surface area contributed by atoms with Crippen molar-refractivity contribution in [2.75, 3.05) is 11.9 Å². The van der Waals surface area contributed by atoms with Crippen molar-refractivity contribution in [2.45, 2.75) is 26.6 Å². The monoisotopic (exact) mass is 327 g/mol. The Hall–Kier alpha value is -2.51. The molecule has 0 aliphatic heterocycles. The molecule has 0 amide bonds. The lowest BCUT2D eigenvalue weighted by Crippen LogP contribution is -2.14. The minimum Gasteiger partial charge on any atom is -0.378 e. The summed E-state index contributed by atoms with van der Waals surface area (Å²) in [4.78, 5) is 10.2. The Kier molecular flexibility index (Phi) is 4.63. The normalized spacial score (nSPS) is 11.5. The summed E-state index contributed by atoms with van der Waals surface area (Å²) < 4.78 is 39.9. The molecule has 1 aromatic carbocycles. The Bertz CT molecular complexity index is 704. The van der Waals surface area contributed by atoms with E-state index < -0.39 is 22.4 Å². The van der Waals surface area contributed by atoms with E-state index in [4.69, 9.17) is 0 Å². The highest BCUT2D eigenvalue weighted by molar-refractivity contribution is 5.62. The molecule has 0 aliphatic carbocycles. The van der Waals surface area contributed by atoms with Crippen LogP contribution in [-0.4, -0.2) is 16.0 Å². The second-order valence-electron chi connectivity index (χ2n) is 5.18. The summed E-state index contributed by atoms with van der Waals surface area (Å²) in [5.41, 5.74) is 0.551. The Morgan fingerprint density at radius 1 is 1.17 bits per heavy atom. The summed E-state index contributed by atoms with van der Waals surface area (Å²) >= 11 is 0. The van der Waals surface area contributed by atoms with Gasteiger partial charge in [-0.1, -0.05) is 0 Å². The van der Waals surface area contributed by atoms with Crippen molar-refractivity contribution in [2.24, 2.45) is 0 Å². The Labute approximate surface area is 130 Å². The van der Waals surface area contributed by atoms with Crippen LogP contribution in [0.2, 0.25) is 0 Å². The number of hydrogen-bond acceptors (Lipinski definition) is 3. The highest BCUT2D eigenvalue weighted by Gasteiger charge is 2.32. The first-order valence-electron chi connectivity index (χ1n) is 6.92. The lowest BCUT2D eigenvalue weighted by Gasteiger charge is -2.12. The van der Waals surface area contributed by atoms with Gasteiger partial charge in [-0.25, -0.2) is 0 Å². The average molecular weight is 327 g/mol. The highest BCUT2D eigenvalue weighted by atomic mass is 19.4. The number of rotatable bonds is 5. The number of aryl methyl sites for hydroxylation is 2. The molecule has 2 aromatic rings. The van der Waals surface area contributed by atoms with Crippen LogP contribution in [0.15, 0.2) is 30.3 Å². The molecule has 2 rings (SSSR count). The molecule has 0 aliphatic rings.